The SMILES string of the molecule is C[C@H](NC(=O)CSc1ccncc1)c1cccc(-n2cccn2)c1. The molecular formula is C18H18N4OS. The standard InChI is InChI=1S/C18H18N4OS/c1-14(21-18(23)13-24-17-6-9-19-10-7-17)15-4-2-5-16(12-15)22-11-3-8-20-22/h2-12,14H,13H2,1H3,(H,21,23)/t14-/m0/s1. The minimum Gasteiger partial charge on any atom is -0.349 e. The number of aromatic nitrogens is 3. The summed E-state index contributed by atoms with van der Waals surface area (Å²) < 4.78 is 1.80. The largest absolute Gasteiger partial charge is 0.349 e. The Bertz CT molecular complexity index is 790. The zero-order valence-electron chi connectivity index (χ0n) is 13.3. The summed E-state index contributed by atoms with van der Waals surface area (Å²) >= 11 is 1.50. The van der Waals surface area contributed by atoms with Crippen molar-refractivity contribution in [2.75, 3.05) is 5.75 Å². The Labute approximate surface area is 145 Å². The lowest BCUT2D eigenvalue weighted by atomic mass is 10.1. The van der Waals surface area contributed by atoms with Crippen molar-refractivity contribution in [3.05, 3.63) is 72.8 Å². The zero-order valence-corrected chi connectivity index (χ0v) is 14.1. The topological polar surface area (TPSA) is 59.8 Å². The van der Waals surface area contributed by atoms with Gasteiger partial charge in [-0.05, 0) is 42.8 Å². The van der Waals surface area contributed by atoms with Crippen LogP contribution in [0.5, 0.6) is 0 Å². The van der Waals surface area contributed by atoms with Gasteiger partial charge in [-0.3, -0.25) is 9.78 Å². The van der Waals surface area contributed by atoms with Gasteiger partial charge in [0.15, 0.2) is 0 Å². The first-order valence-electron chi connectivity index (χ1n) is 7.64. The fourth-order valence-electron chi connectivity index (χ4n) is 2.31. The lowest BCUT2D eigenvalue weighted by molar-refractivity contribution is -0.119. The van der Waals surface area contributed by atoms with Crippen LogP contribution in [0.3, 0.4) is 0 Å². The molecule has 0 saturated heterocycles. The van der Waals surface area contributed by atoms with Gasteiger partial charge in [-0.25, -0.2) is 4.68 Å². The summed E-state index contributed by atoms with van der Waals surface area (Å²) in [4.78, 5) is 17.2. The van der Waals surface area contributed by atoms with Crippen LogP contribution in [0.25, 0.3) is 5.69 Å². The maximum atomic E-state index is 12.1. The third-order valence-corrected chi connectivity index (χ3v) is 4.55. The van der Waals surface area contributed by atoms with Gasteiger partial charge in [0, 0.05) is 29.7 Å². The average molecular weight is 338 g/mol. The molecule has 122 valence electrons. The summed E-state index contributed by atoms with van der Waals surface area (Å²) in [5.41, 5.74) is 2.02. The van der Waals surface area contributed by atoms with Crippen molar-refractivity contribution in [3.63, 3.8) is 0 Å². The number of hydrogen-bond donors (Lipinski definition) is 1. The van der Waals surface area contributed by atoms with Crippen molar-refractivity contribution in [1.82, 2.24) is 20.1 Å². The molecule has 0 unspecified atom stereocenters. The fraction of sp³-hybridized carbons (Fsp3) is 0.167. The molecule has 2 aromatic heterocycles. The fourth-order valence-corrected chi connectivity index (χ4v) is 3.00. The molecule has 1 aromatic carbocycles. The molecule has 0 saturated carbocycles. The Balaban J connectivity index is 1.59. The molecule has 0 radical (unpaired) electrons. The van der Waals surface area contributed by atoms with E-state index in [1.807, 2.05) is 55.6 Å². The Morgan fingerprint density at radius 2 is 2.04 bits per heavy atom. The van der Waals surface area contributed by atoms with E-state index in [4.69, 9.17) is 0 Å². The average Bonchev–Trinajstić information content (AvgIpc) is 3.16. The van der Waals surface area contributed by atoms with E-state index in [0.29, 0.717) is 5.75 Å². The first-order chi connectivity index (χ1) is 11.7. The lowest BCUT2D eigenvalue weighted by Gasteiger charge is -2.15. The molecule has 5 nitrogen and oxygen atoms in total. The predicted molar refractivity (Wildman–Crippen MR) is 95.1 cm³/mol. The van der Waals surface area contributed by atoms with E-state index in [-0.39, 0.29) is 11.9 Å². The van der Waals surface area contributed by atoms with E-state index < -0.39 is 0 Å². The summed E-state index contributed by atoms with van der Waals surface area (Å²) in [7, 11) is 0. The highest BCUT2D eigenvalue weighted by Gasteiger charge is 2.11. The number of nitrogens with zero attached hydrogens (tertiary/aromatic N) is 3. The molecule has 6 heteroatoms. The second kappa shape index (κ2) is 7.79. The summed E-state index contributed by atoms with van der Waals surface area (Å²) in [6.07, 6.45) is 7.09. The minimum absolute atomic E-state index is 0.00815. The first kappa shape index (κ1) is 16.3. The first-order valence-corrected chi connectivity index (χ1v) is 8.63. The molecule has 24 heavy (non-hydrogen) atoms. The predicted octanol–water partition coefficient (Wildman–Crippen LogP) is 3.24. The van der Waals surface area contributed by atoms with Crippen molar-refractivity contribution in [3.8, 4) is 5.69 Å². The van der Waals surface area contributed by atoms with Crippen molar-refractivity contribution < 1.29 is 4.79 Å². The van der Waals surface area contributed by atoms with Gasteiger partial charge in [0.25, 0.3) is 0 Å². The number of benzene rings is 1. The normalized spacial score (nSPS) is 11.9. The molecule has 3 aromatic rings. The molecule has 0 bridgehead atoms. The summed E-state index contributed by atoms with van der Waals surface area (Å²) in [6.45, 7) is 1.98. The van der Waals surface area contributed by atoms with E-state index in [1.165, 1.54) is 11.8 Å². The van der Waals surface area contributed by atoms with Crippen LogP contribution >= 0.6 is 11.8 Å². The van der Waals surface area contributed by atoms with Crippen molar-refractivity contribution in [2.24, 2.45) is 0 Å². The molecule has 0 fully saturated rings. The van der Waals surface area contributed by atoms with Crippen LogP contribution in [0.4, 0.5) is 0 Å². The molecular weight excluding hydrogens is 320 g/mol. The second-order valence-corrected chi connectivity index (χ2v) is 6.36. The van der Waals surface area contributed by atoms with Crippen molar-refractivity contribution in [2.45, 2.75) is 17.9 Å². The van der Waals surface area contributed by atoms with Crippen LogP contribution in [0.1, 0.15) is 18.5 Å². The van der Waals surface area contributed by atoms with Gasteiger partial charge >= 0.3 is 0 Å². The van der Waals surface area contributed by atoms with Crippen LogP contribution < -0.4 is 5.32 Å². The Kier molecular flexibility index (Phi) is 5.28. The van der Waals surface area contributed by atoms with Crippen LogP contribution in [0.15, 0.2) is 72.1 Å². The number of pyridine rings is 1. The van der Waals surface area contributed by atoms with Crippen LogP contribution in [0.2, 0.25) is 0 Å². The van der Waals surface area contributed by atoms with Gasteiger partial charge in [-0.2, -0.15) is 5.10 Å². The molecule has 1 N–H and O–H groups in total. The third-order valence-electron chi connectivity index (χ3n) is 3.54. The Hall–Kier alpha value is -2.60. The summed E-state index contributed by atoms with van der Waals surface area (Å²) in [6, 6.07) is 13.6. The Morgan fingerprint density at radius 3 is 2.79 bits per heavy atom. The van der Waals surface area contributed by atoms with Crippen molar-refractivity contribution >= 4 is 17.7 Å². The van der Waals surface area contributed by atoms with Gasteiger partial charge in [0.05, 0.1) is 17.5 Å². The minimum atomic E-state index is -0.0638. The van der Waals surface area contributed by atoms with E-state index >= 15 is 0 Å². The summed E-state index contributed by atoms with van der Waals surface area (Å²) in [5.74, 6) is 0.390. The molecule has 0 aliphatic rings. The molecule has 1 amide bonds. The quantitative estimate of drug-likeness (QED) is 0.701. The molecule has 3 rings (SSSR count). The molecule has 0 aliphatic carbocycles. The van der Waals surface area contributed by atoms with E-state index in [0.717, 1.165) is 16.1 Å². The van der Waals surface area contributed by atoms with Gasteiger partial charge in [-0.1, -0.05) is 12.1 Å². The highest BCUT2D eigenvalue weighted by molar-refractivity contribution is 8.00. The molecule has 1 atom stereocenters. The number of thioether (sulfide) groups is 1. The summed E-state index contributed by atoms with van der Waals surface area (Å²) in [5, 5.41) is 7.27. The highest BCUT2D eigenvalue weighted by atomic mass is 32.2. The highest BCUT2D eigenvalue weighted by Crippen LogP contribution is 2.18. The third kappa shape index (κ3) is 4.23. The second-order valence-electron chi connectivity index (χ2n) is 5.31. The zero-order chi connectivity index (χ0) is 16.8. The number of carbonyl (C=O) groups excluding carboxylic acids is 1. The number of amides is 1. The van der Waals surface area contributed by atoms with Gasteiger partial charge in [0.1, 0.15) is 0 Å². The lowest BCUT2D eigenvalue weighted by Crippen LogP contribution is -2.28. The van der Waals surface area contributed by atoms with E-state index in [9.17, 15) is 4.79 Å². The number of rotatable bonds is 6. The van der Waals surface area contributed by atoms with Gasteiger partial charge in [0.2, 0.25) is 5.91 Å². The van der Waals surface area contributed by atoms with Gasteiger partial charge in [-0.15, -0.1) is 11.8 Å². The van der Waals surface area contributed by atoms with Crippen molar-refractivity contribution in [1.29, 1.82) is 0 Å². The number of nitrogens with one attached hydrogen (secondary N) is 1. The molecule has 2 heterocycles. The van der Waals surface area contributed by atoms with Crippen LogP contribution in [-0.4, -0.2) is 26.4 Å². The molecule has 0 aliphatic heterocycles. The van der Waals surface area contributed by atoms with E-state index in [2.05, 4.69) is 15.4 Å². The van der Waals surface area contributed by atoms with E-state index in [1.54, 1.807) is 23.3 Å². The monoisotopic (exact) mass is 338 g/mol. The Morgan fingerprint density at radius 1 is 1.21 bits per heavy atom. The number of hydrogen-bond acceptors (Lipinski definition) is 4. The molecule has 0 spiro atoms. The maximum Gasteiger partial charge on any atom is 0.230 e. The van der Waals surface area contributed by atoms with Gasteiger partial charge < -0.3 is 5.32 Å². The maximum absolute atomic E-state index is 12.1. The smallest absolute Gasteiger partial charge is 0.230 e. The number of carbonyl (C=O) groups is 1. The van der Waals surface area contributed by atoms with Crippen LogP contribution in [-0.2, 0) is 4.79 Å². The van der Waals surface area contributed by atoms with Crippen LogP contribution in [0, 0.1) is 0 Å².